The molecule has 3 aliphatic heterocycles. The van der Waals surface area contributed by atoms with Crippen LogP contribution < -0.4 is 10.1 Å². The number of rotatable bonds is 7. The molecular formula is C28H37N3O4. The first-order chi connectivity index (χ1) is 17.0. The third-order valence-corrected chi connectivity index (χ3v) is 8.52. The number of benzene rings is 1. The van der Waals surface area contributed by atoms with Gasteiger partial charge in [0.15, 0.2) is 0 Å². The van der Waals surface area contributed by atoms with Crippen molar-refractivity contribution < 1.29 is 19.1 Å². The monoisotopic (exact) mass is 479 g/mol. The summed E-state index contributed by atoms with van der Waals surface area (Å²) in [7, 11) is 0. The molecule has 7 heteroatoms. The van der Waals surface area contributed by atoms with Crippen molar-refractivity contribution in [1.82, 2.24) is 15.1 Å². The van der Waals surface area contributed by atoms with Crippen LogP contribution in [0.3, 0.4) is 0 Å². The maximum atomic E-state index is 13.0. The fraction of sp³-hybridized carbons (Fsp3) is 0.643. The van der Waals surface area contributed by atoms with Gasteiger partial charge in [-0.15, -0.1) is 0 Å². The molecule has 0 radical (unpaired) electrons. The van der Waals surface area contributed by atoms with E-state index in [0.29, 0.717) is 37.1 Å². The van der Waals surface area contributed by atoms with Crippen LogP contribution in [0.5, 0.6) is 5.75 Å². The van der Waals surface area contributed by atoms with E-state index in [1.165, 1.54) is 25.7 Å². The second kappa shape index (κ2) is 9.58. The van der Waals surface area contributed by atoms with Crippen molar-refractivity contribution in [2.75, 3.05) is 19.7 Å². The van der Waals surface area contributed by atoms with Gasteiger partial charge < -0.3 is 19.7 Å². The van der Waals surface area contributed by atoms with Crippen molar-refractivity contribution >= 4 is 11.8 Å². The topological polar surface area (TPSA) is 71.1 Å². The minimum Gasteiger partial charge on any atom is -0.489 e. The van der Waals surface area contributed by atoms with Crippen molar-refractivity contribution in [1.29, 1.82) is 0 Å². The van der Waals surface area contributed by atoms with Crippen LogP contribution in [0.25, 0.3) is 0 Å². The number of amides is 2. The molecule has 2 saturated heterocycles. The molecule has 188 valence electrons. The zero-order chi connectivity index (χ0) is 23.9. The highest BCUT2D eigenvalue weighted by atomic mass is 16.5. The largest absolute Gasteiger partial charge is 0.489 e. The SMILES string of the molecule is C=C1CCC(N2Cc3cc(O[C@@H]4CCC[C@@H]4N4CCC(OCC5CC5)CC4)ccc3C2=O)C(=O)N1. The van der Waals surface area contributed by atoms with Crippen LogP contribution in [0, 0.1) is 5.92 Å². The zero-order valence-electron chi connectivity index (χ0n) is 20.5. The number of piperidine rings is 2. The molecule has 0 spiro atoms. The van der Waals surface area contributed by atoms with Crippen molar-refractivity contribution in [3.63, 3.8) is 0 Å². The molecule has 1 aromatic carbocycles. The van der Waals surface area contributed by atoms with E-state index in [-0.39, 0.29) is 17.9 Å². The zero-order valence-corrected chi connectivity index (χ0v) is 20.5. The van der Waals surface area contributed by atoms with Gasteiger partial charge in [0.25, 0.3) is 5.91 Å². The lowest BCUT2D eigenvalue weighted by atomic mass is 10.0. The van der Waals surface area contributed by atoms with Crippen LogP contribution in [0.4, 0.5) is 0 Å². The second-order valence-electron chi connectivity index (χ2n) is 11.1. The molecule has 3 atom stereocenters. The van der Waals surface area contributed by atoms with E-state index in [9.17, 15) is 9.59 Å². The Morgan fingerprint density at radius 3 is 2.63 bits per heavy atom. The lowest BCUT2D eigenvalue weighted by molar-refractivity contribution is -0.126. The first-order valence-electron chi connectivity index (χ1n) is 13.5. The number of carbonyl (C=O) groups is 2. The molecule has 1 aromatic rings. The molecule has 0 bridgehead atoms. The number of fused-ring (bicyclic) bond motifs is 1. The van der Waals surface area contributed by atoms with Crippen LogP contribution in [0.1, 0.15) is 73.7 Å². The summed E-state index contributed by atoms with van der Waals surface area (Å²) < 4.78 is 12.7. The highest BCUT2D eigenvalue weighted by Gasteiger charge is 2.39. The molecule has 2 aliphatic carbocycles. The van der Waals surface area contributed by atoms with Crippen LogP contribution in [0.2, 0.25) is 0 Å². The summed E-state index contributed by atoms with van der Waals surface area (Å²) >= 11 is 0. The Balaban J connectivity index is 1.06. The molecule has 2 saturated carbocycles. The average Bonchev–Trinajstić information content (AvgIpc) is 3.49. The molecule has 2 amide bonds. The lowest BCUT2D eigenvalue weighted by Gasteiger charge is -2.38. The number of nitrogens with zero attached hydrogens (tertiary/aromatic N) is 2. The molecule has 4 fully saturated rings. The highest BCUT2D eigenvalue weighted by Crippen LogP contribution is 2.35. The normalized spacial score (nSPS) is 30.0. The van der Waals surface area contributed by atoms with Gasteiger partial charge in [-0.3, -0.25) is 14.5 Å². The van der Waals surface area contributed by atoms with E-state index in [2.05, 4.69) is 16.8 Å². The van der Waals surface area contributed by atoms with E-state index in [1.807, 2.05) is 18.2 Å². The Hall–Kier alpha value is -2.38. The summed E-state index contributed by atoms with van der Waals surface area (Å²) in [4.78, 5) is 29.8. The van der Waals surface area contributed by atoms with Gasteiger partial charge in [-0.1, -0.05) is 6.58 Å². The molecule has 0 aromatic heterocycles. The van der Waals surface area contributed by atoms with Gasteiger partial charge in [0.2, 0.25) is 5.91 Å². The van der Waals surface area contributed by atoms with Crippen molar-refractivity contribution in [2.24, 2.45) is 5.92 Å². The highest BCUT2D eigenvalue weighted by molar-refractivity contribution is 6.01. The predicted molar refractivity (Wildman–Crippen MR) is 132 cm³/mol. The van der Waals surface area contributed by atoms with Gasteiger partial charge in [-0.05, 0) is 87.5 Å². The van der Waals surface area contributed by atoms with Gasteiger partial charge in [0.05, 0.1) is 6.10 Å². The van der Waals surface area contributed by atoms with Gasteiger partial charge >= 0.3 is 0 Å². The van der Waals surface area contributed by atoms with E-state index >= 15 is 0 Å². The molecule has 1 unspecified atom stereocenters. The van der Waals surface area contributed by atoms with Gasteiger partial charge in [-0.25, -0.2) is 0 Å². The number of hydrogen-bond acceptors (Lipinski definition) is 5. The predicted octanol–water partition coefficient (Wildman–Crippen LogP) is 3.63. The molecular weight excluding hydrogens is 442 g/mol. The second-order valence-corrected chi connectivity index (χ2v) is 11.1. The number of allylic oxidation sites excluding steroid dienone is 1. The van der Waals surface area contributed by atoms with Crippen LogP contribution >= 0.6 is 0 Å². The standard InChI is InChI=1S/C28H37N3O4/c1-18-5-10-25(27(32)29-18)31-16-20-15-22(8-9-23(20)28(31)33)35-26-4-2-3-24(26)30-13-11-21(12-14-30)34-17-19-6-7-19/h8-9,15,19,21,24-26H,1-7,10-14,16-17H2,(H,29,32)/t24-,25?,26+/m0/s1. The van der Waals surface area contributed by atoms with Crippen LogP contribution in [-0.2, 0) is 16.1 Å². The first-order valence-corrected chi connectivity index (χ1v) is 13.5. The molecule has 35 heavy (non-hydrogen) atoms. The van der Waals surface area contributed by atoms with E-state index < -0.39 is 6.04 Å². The summed E-state index contributed by atoms with van der Waals surface area (Å²) in [5.41, 5.74) is 2.37. The minimum atomic E-state index is -0.430. The number of nitrogens with one attached hydrogen (secondary N) is 1. The van der Waals surface area contributed by atoms with Crippen molar-refractivity contribution in [3.05, 3.63) is 41.6 Å². The number of hydrogen-bond donors (Lipinski definition) is 1. The van der Waals surface area contributed by atoms with Crippen molar-refractivity contribution in [2.45, 2.75) is 88.6 Å². The third kappa shape index (κ3) is 4.85. The molecule has 6 rings (SSSR count). The van der Waals surface area contributed by atoms with Gasteiger partial charge in [0.1, 0.15) is 17.9 Å². The van der Waals surface area contributed by atoms with Crippen LogP contribution in [0.15, 0.2) is 30.5 Å². The summed E-state index contributed by atoms with van der Waals surface area (Å²) in [5.74, 6) is 1.47. The fourth-order valence-electron chi connectivity index (χ4n) is 6.27. The summed E-state index contributed by atoms with van der Waals surface area (Å²) in [6.45, 7) is 7.43. The average molecular weight is 480 g/mol. The molecule has 3 heterocycles. The Bertz CT molecular complexity index is 998. The maximum Gasteiger partial charge on any atom is 0.255 e. The van der Waals surface area contributed by atoms with Crippen molar-refractivity contribution in [3.8, 4) is 5.75 Å². The number of carbonyl (C=O) groups excluding carboxylic acids is 2. The first kappa shape index (κ1) is 23.0. The third-order valence-electron chi connectivity index (χ3n) is 8.52. The van der Waals surface area contributed by atoms with E-state index in [1.54, 1.807) is 4.90 Å². The smallest absolute Gasteiger partial charge is 0.255 e. The van der Waals surface area contributed by atoms with E-state index in [4.69, 9.17) is 9.47 Å². The summed E-state index contributed by atoms with van der Waals surface area (Å²) in [6, 6.07) is 5.83. The Labute approximate surface area is 207 Å². The van der Waals surface area contributed by atoms with Gasteiger partial charge in [-0.2, -0.15) is 0 Å². The number of ether oxygens (including phenoxy) is 2. The molecule has 7 nitrogen and oxygen atoms in total. The van der Waals surface area contributed by atoms with Gasteiger partial charge in [0, 0.05) is 43.5 Å². The Kier molecular flexibility index (Phi) is 6.31. The quantitative estimate of drug-likeness (QED) is 0.647. The Morgan fingerprint density at radius 1 is 1.03 bits per heavy atom. The van der Waals surface area contributed by atoms with Crippen LogP contribution in [-0.4, -0.2) is 65.6 Å². The Morgan fingerprint density at radius 2 is 1.86 bits per heavy atom. The minimum absolute atomic E-state index is 0.0651. The summed E-state index contributed by atoms with van der Waals surface area (Å²) in [6.07, 6.45) is 10.3. The summed E-state index contributed by atoms with van der Waals surface area (Å²) in [5, 5.41) is 2.80. The number of likely N-dealkylation sites (tertiary alicyclic amines) is 1. The molecule has 5 aliphatic rings. The molecule has 1 N–H and O–H groups in total. The fourth-order valence-corrected chi connectivity index (χ4v) is 6.27. The lowest BCUT2D eigenvalue weighted by Crippen LogP contribution is -2.49. The van der Waals surface area contributed by atoms with E-state index in [0.717, 1.165) is 61.9 Å². The maximum absolute atomic E-state index is 13.0.